The second kappa shape index (κ2) is 8.60. The van der Waals surface area contributed by atoms with Crippen LogP contribution >= 0.6 is 0 Å². The van der Waals surface area contributed by atoms with Gasteiger partial charge in [-0.15, -0.1) is 0 Å². The van der Waals surface area contributed by atoms with Crippen molar-refractivity contribution in [3.05, 3.63) is 36.0 Å². The van der Waals surface area contributed by atoms with Crippen LogP contribution in [0.15, 0.2) is 30.5 Å². The van der Waals surface area contributed by atoms with E-state index < -0.39 is 6.10 Å². The summed E-state index contributed by atoms with van der Waals surface area (Å²) in [6, 6.07) is 7.31. The summed E-state index contributed by atoms with van der Waals surface area (Å²) in [5, 5.41) is 23.3. The number of anilines is 4. The van der Waals surface area contributed by atoms with Crippen LogP contribution in [0.4, 0.5) is 23.3 Å². The highest BCUT2D eigenvalue weighted by atomic mass is 16.5. The van der Waals surface area contributed by atoms with Gasteiger partial charge < -0.3 is 30.7 Å². The Balaban J connectivity index is 1.42. The first kappa shape index (κ1) is 20.5. The van der Waals surface area contributed by atoms with Gasteiger partial charge in [0, 0.05) is 19.7 Å². The van der Waals surface area contributed by atoms with Crippen LogP contribution in [0.2, 0.25) is 0 Å². The highest BCUT2D eigenvalue weighted by Crippen LogP contribution is 2.24. The normalized spacial score (nSPS) is 20.6. The second-order valence-corrected chi connectivity index (χ2v) is 7.96. The minimum atomic E-state index is -0.498. The van der Waals surface area contributed by atoms with Crippen molar-refractivity contribution < 1.29 is 14.6 Å². The summed E-state index contributed by atoms with van der Waals surface area (Å²) in [7, 11) is 1.78. The van der Waals surface area contributed by atoms with Crippen molar-refractivity contribution in [3.63, 3.8) is 0 Å². The maximum atomic E-state index is 12.8. The van der Waals surface area contributed by atoms with Gasteiger partial charge in [0.2, 0.25) is 0 Å². The lowest BCUT2D eigenvalue weighted by Crippen LogP contribution is -2.50. The third kappa shape index (κ3) is 3.92. The molecule has 2 fully saturated rings. The van der Waals surface area contributed by atoms with Gasteiger partial charge in [-0.2, -0.15) is 9.61 Å². The molecule has 0 bridgehead atoms. The van der Waals surface area contributed by atoms with E-state index in [-0.39, 0.29) is 11.9 Å². The number of hydrogen-bond donors (Lipinski definition) is 4. The maximum Gasteiger partial charge on any atom is 0.257 e. The molecule has 3 aromatic heterocycles. The molecule has 32 heavy (non-hydrogen) atoms. The lowest BCUT2D eigenvalue weighted by atomic mass is 9.89. The van der Waals surface area contributed by atoms with E-state index in [1.54, 1.807) is 17.6 Å². The van der Waals surface area contributed by atoms with Gasteiger partial charge in [0.25, 0.3) is 5.91 Å². The molecule has 11 heteroatoms. The van der Waals surface area contributed by atoms with Crippen molar-refractivity contribution in [3.8, 4) is 0 Å². The van der Waals surface area contributed by atoms with Crippen LogP contribution in [0, 0.1) is 0 Å². The average molecular weight is 438 g/mol. The standard InChI is InChI=1S/C21H26N8O3/c1-22-19-10-17(25-16-4-2-5-18(26-16)28-8-3-9-32-12-28)27-20-13(11-23-29(19)20)21(31)24-14-6-7-15(14)30/h2,4-5,10-11,14-15,22,30H,3,6-9,12H2,1H3,(H,24,31)(H,25,26,27)/t14-,15+/m0/s1. The fourth-order valence-corrected chi connectivity index (χ4v) is 3.84. The number of rotatable bonds is 6. The third-order valence-corrected chi connectivity index (χ3v) is 5.81. The largest absolute Gasteiger partial charge is 0.391 e. The molecule has 4 N–H and O–H groups in total. The monoisotopic (exact) mass is 438 g/mol. The number of pyridine rings is 1. The molecule has 11 nitrogen and oxygen atoms in total. The summed E-state index contributed by atoms with van der Waals surface area (Å²) in [5.74, 6) is 2.35. The summed E-state index contributed by atoms with van der Waals surface area (Å²) in [4.78, 5) is 24.2. The Hall–Kier alpha value is -3.44. The Bertz CT molecular complexity index is 1130. The first-order valence-electron chi connectivity index (χ1n) is 10.7. The number of fused-ring (bicyclic) bond motifs is 1. The van der Waals surface area contributed by atoms with Gasteiger partial charge in [0.15, 0.2) is 5.65 Å². The molecule has 168 valence electrons. The van der Waals surface area contributed by atoms with Gasteiger partial charge in [-0.1, -0.05) is 6.07 Å². The third-order valence-electron chi connectivity index (χ3n) is 5.81. The molecule has 3 aromatic rings. The SMILES string of the molecule is CNc1cc(Nc2cccc(N3CCCOC3)n2)nc2c(C(=O)N[C@H]3CC[C@H]3O)cnn12. The Morgan fingerprint density at radius 2 is 2.16 bits per heavy atom. The quantitative estimate of drug-likeness (QED) is 0.451. The van der Waals surface area contributed by atoms with E-state index in [1.165, 1.54) is 6.20 Å². The van der Waals surface area contributed by atoms with Gasteiger partial charge in [-0.3, -0.25) is 4.79 Å². The molecule has 1 aliphatic carbocycles. The molecular formula is C21H26N8O3. The molecule has 2 atom stereocenters. The molecule has 5 rings (SSSR count). The number of nitrogens with zero attached hydrogens (tertiary/aromatic N) is 5. The van der Waals surface area contributed by atoms with E-state index in [1.807, 2.05) is 18.2 Å². The topological polar surface area (TPSA) is 129 Å². The van der Waals surface area contributed by atoms with Gasteiger partial charge >= 0.3 is 0 Å². The Morgan fingerprint density at radius 1 is 1.25 bits per heavy atom. The number of nitrogens with one attached hydrogen (secondary N) is 3. The van der Waals surface area contributed by atoms with E-state index in [0.717, 1.165) is 31.8 Å². The predicted molar refractivity (Wildman–Crippen MR) is 119 cm³/mol. The minimum Gasteiger partial charge on any atom is -0.391 e. The summed E-state index contributed by atoms with van der Waals surface area (Å²) in [5.41, 5.74) is 0.752. The van der Waals surface area contributed by atoms with Gasteiger partial charge in [-0.25, -0.2) is 9.97 Å². The maximum absolute atomic E-state index is 12.8. The molecule has 4 heterocycles. The zero-order valence-electron chi connectivity index (χ0n) is 17.8. The van der Waals surface area contributed by atoms with E-state index in [4.69, 9.17) is 4.74 Å². The summed E-state index contributed by atoms with van der Waals surface area (Å²) < 4.78 is 7.10. The Labute approximate surface area is 184 Å². The molecule has 1 aliphatic heterocycles. The van der Waals surface area contributed by atoms with Crippen molar-refractivity contribution >= 4 is 34.8 Å². The molecule has 0 unspecified atom stereocenters. The lowest BCUT2D eigenvalue weighted by Gasteiger charge is -2.32. The zero-order chi connectivity index (χ0) is 22.1. The van der Waals surface area contributed by atoms with Gasteiger partial charge in [0.1, 0.15) is 35.6 Å². The van der Waals surface area contributed by atoms with Crippen molar-refractivity contribution in [2.24, 2.45) is 0 Å². The number of aliphatic hydroxyl groups excluding tert-OH is 1. The van der Waals surface area contributed by atoms with E-state index in [9.17, 15) is 9.90 Å². The molecule has 1 amide bonds. The molecule has 1 saturated carbocycles. The average Bonchev–Trinajstić information content (AvgIpc) is 3.26. The van der Waals surface area contributed by atoms with Crippen molar-refractivity contribution in [1.82, 2.24) is 24.9 Å². The highest BCUT2D eigenvalue weighted by molar-refractivity contribution is 6.00. The number of hydrogen-bond acceptors (Lipinski definition) is 9. The first-order chi connectivity index (χ1) is 15.6. The summed E-state index contributed by atoms with van der Waals surface area (Å²) in [6.07, 6.45) is 3.42. The molecule has 0 radical (unpaired) electrons. The summed E-state index contributed by atoms with van der Waals surface area (Å²) >= 11 is 0. The lowest BCUT2D eigenvalue weighted by molar-refractivity contribution is 0.0448. The van der Waals surface area contributed by atoms with Crippen LogP contribution in [-0.2, 0) is 4.74 Å². The fourth-order valence-electron chi connectivity index (χ4n) is 3.84. The highest BCUT2D eigenvalue weighted by Gasteiger charge is 2.31. The number of carbonyl (C=O) groups excluding carboxylic acids is 1. The number of ether oxygens (including phenoxy) is 1. The van der Waals surface area contributed by atoms with Crippen molar-refractivity contribution in [1.29, 1.82) is 0 Å². The molecule has 0 aromatic carbocycles. The van der Waals surface area contributed by atoms with Gasteiger partial charge in [0.05, 0.1) is 24.9 Å². The van der Waals surface area contributed by atoms with E-state index in [0.29, 0.717) is 41.8 Å². The molecule has 2 aliphatic rings. The molecular weight excluding hydrogens is 412 g/mol. The predicted octanol–water partition coefficient (Wildman–Crippen LogP) is 1.35. The first-order valence-corrected chi connectivity index (χ1v) is 10.7. The Morgan fingerprint density at radius 3 is 2.88 bits per heavy atom. The van der Waals surface area contributed by atoms with Crippen LogP contribution in [0.1, 0.15) is 29.6 Å². The van der Waals surface area contributed by atoms with Crippen LogP contribution in [0.3, 0.4) is 0 Å². The second-order valence-electron chi connectivity index (χ2n) is 7.96. The van der Waals surface area contributed by atoms with Gasteiger partial charge in [-0.05, 0) is 31.4 Å². The number of carbonyl (C=O) groups is 1. The van der Waals surface area contributed by atoms with Crippen molar-refractivity contribution in [2.45, 2.75) is 31.4 Å². The van der Waals surface area contributed by atoms with E-state index >= 15 is 0 Å². The zero-order valence-corrected chi connectivity index (χ0v) is 17.8. The van der Waals surface area contributed by atoms with Crippen LogP contribution in [0.5, 0.6) is 0 Å². The van der Waals surface area contributed by atoms with E-state index in [2.05, 4.69) is 35.9 Å². The van der Waals surface area contributed by atoms with Crippen LogP contribution in [-0.4, -0.2) is 69.7 Å². The fraction of sp³-hybridized carbons (Fsp3) is 0.429. The molecule has 1 saturated heterocycles. The Kier molecular flexibility index (Phi) is 5.50. The number of aromatic nitrogens is 4. The van der Waals surface area contributed by atoms with Crippen molar-refractivity contribution in [2.75, 3.05) is 42.5 Å². The number of amides is 1. The van der Waals surface area contributed by atoms with Crippen LogP contribution in [0.25, 0.3) is 5.65 Å². The smallest absolute Gasteiger partial charge is 0.257 e. The summed E-state index contributed by atoms with van der Waals surface area (Å²) in [6.45, 7) is 2.19. The minimum absolute atomic E-state index is 0.228. The van der Waals surface area contributed by atoms with Crippen LogP contribution < -0.4 is 20.9 Å². The molecule has 0 spiro atoms. The number of aliphatic hydroxyl groups is 1.